The maximum Gasteiger partial charge on any atom is 0.229 e. The lowest BCUT2D eigenvalue weighted by atomic mass is 9.77. The first-order valence-corrected chi connectivity index (χ1v) is 17.3. The summed E-state index contributed by atoms with van der Waals surface area (Å²) in [5.74, 6) is 0.510. The van der Waals surface area contributed by atoms with Gasteiger partial charge in [0.15, 0.2) is 9.84 Å². The third-order valence-electron chi connectivity index (χ3n) is 9.44. The first-order chi connectivity index (χ1) is 19.6. The Morgan fingerprint density at radius 1 is 0.976 bits per heavy atom. The highest BCUT2D eigenvalue weighted by Gasteiger charge is 2.47. The number of hydrogen-bond donors (Lipinski definition) is 1. The van der Waals surface area contributed by atoms with Gasteiger partial charge >= 0.3 is 0 Å². The Morgan fingerprint density at radius 3 is 2.24 bits per heavy atom. The summed E-state index contributed by atoms with van der Waals surface area (Å²) < 4.78 is 23.5. The molecule has 2 saturated heterocycles. The summed E-state index contributed by atoms with van der Waals surface area (Å²) in [6, 6.07) is 14.6. The number of carbonyl (C=O) groups is 2. The van der Waals surface area contributed by atoms with Gasteiger partial charge in [0.2, 0.25) is 11.8 Å². The van der Waals surface area contributed by atoms with Gasteiger partial charge in [0, 0.05) is 36.8 Å². The minimum Gasteiger partial charge on any atom is -0.349 e. The SMILES string of the molecule is CS(=O)(=O)c1ccc(CN2CCC3(CCN(CCC(NC(=O)C4CCCCC4)c4ccc(Cl)cc4)CC3)C2=O)cc1. The molecule has 9 heteroatoms. The van der Waals surface area contributed by atoms with Gasteiger partial charge in [0.1, 0.15) is 0 Å². The van der Waals surface area contributed by atoms with Gasteiger partial charge in [0.05, 0.1) is 16.4 Å². The van der Waals surface area contributed by atoms with Gasteiger partial charge in [-0.1, -0.05) is 55.1 Å². The van der Waals surface area contributed by atoms with Gasteiger partial charge in [-0.25, -0.2) is 8.42 Å². The first-order valence-electron chi connectivity index (χ1n) is 15.0. The number of likely N-dealkylation sites (tertiary alicyclic amines) is 2. The molecule has 0 radical (unpaired) electrons. The molecule has 222 valence electrons. The average molecular weight is 600 g/mol. The number of piperidine rings is 1. The van der Waals surface area contributed by atoms with Crippen LogP contribution in [0.15, 0.2) is 53.4 Å². The Balaban J connectivity index is 1.15. The Bertz CT molecular complexity index is 1320. The standard InChI is InChI=1S/C32H42ClN3O4S/c1-41(39,40)28-13-7-24(8-14-28)23-36-22-18-32(31(36)38)16-20-35(21-17-32)19-15-29(25-9-11-27(33)12-10-25)34-30(37)26-5-3-2-4-6-26/h7-14,26,29H,2-6,15-23H2,1H3,(H,34,37). The largest absolute Gasteiger partial charge is 0.349 e. The van der Waals surface area contributed by atoms with Crippen molar-refractivity contribution in [1.29, 1.82) is 0 Å². The van der Waals surface area contributed by atoms with E-state index in [-0.39, 0.29) is 29.2 Å². The number of nitrogens with one attached hydrogen (secondary N) is 1. The van der Waals surface area contributed by atoms with Crippen molar-refractivity contribution >= 4 is 33.3 Å². The first kappa shape index (κ1) is 30.1. The van der Waals surface area contributed by atoms with E-state index in [1.165, 1.54) is 12.7 Å². The van der Waals surface area contributed by atoms with E-state index in [1.54, 1.807) is 24.3 Å². The number of benzene rings is 2. The zero-order valence-corrected chi connectivity index (χ0v) is 25.6. The second kappa shape index (κ2) is 12.8. The molecule has 2 amide bonds. The van der Waals surface area contributed by atoms with Crippen LogP contribution in [-0.4, -0.2) is 62.5 Å². The Hall–Kier alpha value is -2.42. The molecule has 0 bridgehead atoms. The number of rotatable bonds is 9. The van der Waals surface area contributed by atoms with E-state index in [9.17, 15) is 18.0 Å². The van der Waals surface area contributed by atoms with Gasteiger partial charge in [-0.05, 0) is 87.0 Å². The average Bonchev–Trinajstić information content (AvgIpc) is 3.26. The molecular weight excluding hydrogens is 558 g/mol. The number of sulfone groups is 1. The van der Waals surface area contributed by atoms with Gasteiger partial charge in [-0.3, -0.25) is 9.59 Å². The Morgan fingerprint density at radius 2 is 1.61 bits per heavy atom. The van der Waals surface area contributed by atoms with Crippen molar-refractivity contribution in [1.82, 2.24) is 15.1 Å². The molecule has 7 nitrogen and oxygen atoms in total. The molecule has 1 saturated carbocycles. The summed E-state index contributed by atoms with van der Waals surface area (Å²) in [6.45, 7) is 3.84. The summed E-state index contributed by atoms with van der Waals surface area (Å²) in [6.07, 6.45) is 10.0. The highest BCUT2D eigenvalue weighted by atomic mass is 35.5. The number of nitrogens with zero attached hydrogens (tertiary/aromatic N) is 2. The van der Waals surface area contributed by atoms with E-state index in [4.69, 9.17) is 11.6 Å². The van der Waals surface area contributed by atoms with Crippen LogP contribution in [0.4, 0.5) is 0 Å². The highest BCUT2D eigenvalue weighted by Crippen LogP contribution is 2.42. The third kappa shape index (κ3) is 7.33. The predicted molar refractivity (Wildman–Crippen MR) is 161 cm³/mol. The van der Waals surface area contributed by atoms with E-state index < -0.39 is 9.84 Å². The summed E-state index contributed by atoms with van der Waals surface area (Å²) in [5, 5.41) is 4.04. The van der Waals surface area contributed by atoms with Crippen molar-refractivity contribution in [3.63, 3.8) is 0 Å². The monoisotopic (exact) mass is 599 g/mol. The summed E-state index contributed by atoms with van der Waals surface area (Å²) in [5.41, 5.74) is 1.73. The van der Waals surface area contributed by atoms with Crippen molar-refractivity contribution in [3.05, 3.63) is 64.7 Å². The second-order valence-electron chi connectivity index (χ2n) is 12.3. The molecule has 0 aromatic heterocycles. The lowest BCUT2D eigenvalue weighted by Gasteiger charge is -2.38. The van der Waals surface area contributed by atoms with E-state index >= 15 is 0 Å². The molecule has 1 aliphatic carbocycles. The fourth-order valence-electron chi connectivity index (χ4n) is 6.76. The predicted octanol–water partition coefficient (Wildman–Crippen LogP) is 5.39. The van der Waals surface area contributed by atoms with Crippen LogP contribution < -0.4 is 5.32 Å². The fourth-order valence-corrected chi connectivity index (χ4v) is 7.51. The van der Waals surface area contributed by atoms with Gasteiger partial charge in [0.25, 0.3) is 0 Å². The zero-order valence-electron chi connectivity index (χ0n) is 24.0. The molecular formula is C32H42ClN3O4S. The molecule has 1 unspecified atom stereocenters. The molecule has 2 aromatic carbocycles. The van der Waals surface area contributed by atoms with Crippen LogP contribution in [0.1, 0.15) is 75.0 Å². The maximum absolute atomic E-state index is 13.5. The van der Waals surface area contributed by atoms with Crippen LogP contribution in [0.3, 0.4) is 0 Å². The molecule has 2 aliphatic heterocycles. The van der Waals surface area contributed by atoms with Crippen LogP contribution in [0, 0.1) is 11.3 Å². The summed E-state index contributed by atoms with van der Waals surface area (Å²) in [4.78, 5) is 31.3. The minimum absolute atomic E-state index is 0.0599. The van der Waals surface area contributed by atoms with Crippen LogP contribution in [0.2, 0.25) is 5.02 Å². The molecule has 1 N–H and O–H groups in total. The minimum atomic E-state index is -3.24. The molecule has 3 aliphatic rings. The van der Waals surface area contributed by atoms with Gasteiger partial charge < -0.3 is 15.1 Å². The van der Waals surface area contributed by atoms with E-state index in [0.717, 1.165) is 88.7 Å². The van der Waals surface area contributed by atoms with E-state index in [2.05, 4.69) is 10.2 Å². The number of carbonyl (C=O) groups excluding carboxylic acids is 2. The highest BCUT2D eigenvalue weighted by molar-refractivity contribution is 7.90. The Kier molecular flexibility index (Phi) is 9.41. The smallest absolute Gasteiger partial charge is 0.229 e. The van der Waals surface area contributed by atoms with Gasteiger partial charge in [-0.2, -0.15) is 0 Å². The molecule has 5 rings (SSSR count). The molecule has 1 spiro atoms. The van der Waals surface area contributed by atoms with E-state index in [0.29, 0.717) is 16.5 Å². The molecule has 2 aromatic rings. The fraction of sp³-hybridized carbons (Fsp3) is 0.562. The number of halogens is 1. The maximum atomic E-state index is 13.5. The van der Waals surface area contributed by atoms with Crippen LogP contribution in [0.5, 0.6) is 0 Å². The van der Waals surface area contributed by atoms with Crippen molar-refractivity contribution in [2.24, 2.45) is 11.3 Å². The van der Waals surface area contributed by atoms with Crippen LogP contribution in [-0.2, 0) is 26.0 Å². The van der Waals surface area contributed by atoms with Crippen molar-refractivity contribution < 1.29 is 18.0 Å². The zero-order chi connectivity index (χ0) is 29.0. The quantitative estimate of drug-likeness (QED) is 0.418. The van der Waals surface area contributed by atoms with Crippen LogP contribution >= 0.6 is 11.6 Å². The van der Waals surface area contributed by atoms with Crippen LogP contribution in [0.25, 0.3) is 0 Å². The van der Waals surface area contributed by atoms with Gasteiger partial charge in [-0.15, -0.1) is 0 Å². The third-order valence-corrected chi connectivity index (χ3v) is 10.8. The lowest BCUT2D eigenvalue weighted by Crippen LogP contribution is -2.45. The molecule has 3 fully saturated rings. The summed E-state index contributed by atoms with van der Waals surface area (Å²) >= 11 is 6.14. The Labute approximate surface area is 249 Å². The number of hydrogen-bond acceptors (Lipinski definition) is 5. The molecule has 2 heterocycles. The molecule has 1 atom stereocenters. The van der Waals surface area contributed by atoms with Crippen molar-refractivity contribution in [3.8, 4) is 0 Å². The van der Waals surface area contributed by atoms with Crippen molar-refractivity contribution in [2.45, 2.75) is 75.3 Å². The summed E-state index contributed by atoms with van der Waals surface area (Å²) in [7, 11) is -3.24. The number of amides is 2. The second-order valence-corrected chi connectivity index (χ2v) is 14.7. The topological polar surface area (TPSA) is 86.8 Å². The van der Waals surface area contributed by atoms with E-state index in [1.807, 2.05) is 29.2 Å². The molecule has 41 heavy (non-hydrogen) atoms. The van der Waals surface area contributed by atoms with Crippen molar-refractivity contribution in [2.75, 3.05) is 32.4 Å². The normalized spacial score (nSPS) is 20.8. The lowest BCUT2D eigenvalue weighted by molar-refractivity contribution is -0.139.